The van der Waals surface area contributed by atoms with E-state index in [9.17, 15) is 13.2 Å². The molecule has 1 aromatic carbocycles. The van der Waals surface area contributed by atoms with Crippen LogP contribution in [-0.4, -0.2) is 15.0 Å². The average Bonchev–Trinajstić information content (AvgIpc) is 2.69. The van der Waals surface area contributed by atoms with E-state index in [0.29, 0.717) is 17.1 Å². The maximum Gasteiger partial charge on any atom is 0.417 e. The van der Waals surface area contributed by atoms with Gasteiger partial charge in [0, 0.05) is 5.75 Å². The fourth-order valence-corrected chi connectivity index (χ4v) is 2.04. The van der Waals surface area contributed by atoms with Crippen molar-refractivity contribution < 1.29 is 13.2 Å². The van der Waals surface area contributed by atoms with Crippen LogP contribution in [0.15, 0.2) is 18.2 Å². The molecule has 3 nitrogen and oxygen atoms in total. The van der Waals surface area contributed by atoms with Gasteiger partial charge in [0.05, 0.1) is 27.7 Å². The average molecular weight is 308 g/mol. The van der Waals surface area contributed by atoms with Crippen LogP contribution in [0.1, 0.15) is 17.0 Å². The Bertz CT molecular complexity index is 610. The number of alkyl halides is 3. The molecule has 0 aliphatic rings. The number of aryl methyl sites for hydroxylation is 1. The number of halogens is 4. The molecule has 0 radical (unpaired) electrons. The predicted octanol–water partition coefficient (Wildman–Crippen LogP) is 3.68. The molecule has 1 aromatic heterocycles. The Labute approximate surface area is 117 Å². The Morgan fingerprint density at radius 3 is 2.53 bits per heavy atom. The van der Waals surface area contributed by atoms with Crippen molar-refractivity contribution in [2.45, 2.75) is 18.9 Å². The zero-order chi connectivity index (χ0) is 14.2. The highest BCUT2D eigenvalue weighted by atomic mass is 35.5. The van der Waals surface area contributed by atoms with Gasteiger partial charge in [0.15, 0.2) is 0 Å². The Kier molecular flexibility index (Phi) is 3.78. The minimum Gasteiger partial charge on any atom is -0.173 e. The lowest BCUT2D eigenvalue weighted by Crippen LogP contribution is -2.08. The smallest absolute Gasteiger partial charge is 0.173 e. The lowest BCUT2D eigenvalue weighted by Gasteiger charge is -2.10. The zero-order valence-corrected chi connectivity index (χ0v) is 11.4. The Hall–Kier alpha value is -1.21. The normalized spacial score (nSPS) is 11.9. The highest BCUT2D eigenvalue weighted by molar-refractivity contribution is 7.79. The van der Waals surface area contributed by atoms with Gasteiger partial charge >= 0.3 is 6.18 Å². The molecule has 2 aromatic rings. The molecular formula is C11H9ClF3N3S. The monoisotopic (exact) mass is 307 g/mol. The summed E-state index contributed by atoms with van der Waals surface area (Å²) in [7, 11) is 0. The van der Waals surface area contributed by atoms with Gasteiger partial charge in [-0.2, -0.15) is 40.8 Å². The van der Waals surface area contributed by atoms with Crippen LogP contribution in [0.5, 0.6) is 0 Å². The van der Waals surface area contributed by atoms with Gasteiger partial charge in [-0.05, 0) is 25.1 Å². The van der Waals surface area contributed by atoms with Crippen LogP contribution in [-0.2, 0) is 11.9 Å². The van der Waals surface area contributed by atoms with Crippen molar-refractivity contribution in [1.29, 1.82) is 0 Å². The summed E-state index contributed by atoms with van der Waals surface area (Å²) in [5.74, 6) is 0.367. The Morgan fingerprint density at radius 2 is 2.00 bits per heavy atom. The number of benzene rings is 1. The van der Waals surface area contributed by atoms with E-state index in [-0.39, 0.29) is 10.7 Å². The van der Waals surface area contributed by atoms with Gasteiger partial charge in [0.25, 0.3) is 0 Å². The lowest BCUT2D eigenvalue weighted by molar-refractivity contribution is -0.137. The van der Waals surface area contributed by atoms with Crippen molar-refractivity contribution in [3.05, 3.63) is 40.2 Å². The minimum absolute atomic E-state index is 0.202. The molecule has 0 aliphatic carbocycles. The van der Waals surface area contributed by atoms with E-state index in [0.717, 1.165) is 10.9 Å². The van der Waals surface area contributed by atoms with E-state index in [4.69, 9.17) is 11.6 Å². The molecule has 0 spiro atoms. The largest absolute Gasteiger partial charge is 0.417 e. The summed E-state index contributed by atoms with van der Waals surface area (Å²) >= 11 is 9.62. The molecule has 8 heteroatoms. The molecule has 0 fully saturated rings. The summed E-state index contributed by atoms with van der Waals surface area (Å²) < 4.78 is 38.2. The van der Waals surface area contributed by atoms with Crippen LogP contribution in [0.4, 0.5) is 13.2 Å². The standard InChI is InChI=1S/C11H9ClF3N3S/c1-6-10(5-19)17-18(16-6)7-2-3-9(12)8(4-7)11(13,14)15/h2-4,19H,5H2,1H3. The highest BCUT2D eigenvalue weighted by Gasteiger charge is 2.33. The molecule has 0 atom stereocenters. The van der Waals surface area contributed by atoms with Gasteiger partial charge < -0.3 is 0 Å². The first kappa shape index (κ1) is 14.2. The number of rotatable bonds is 2. The molecule has 0 amide bonds. The van der Waals surface area contributed by atoms with Crippen molar-refractivity contribution in [2.24, 2.45) is 0 Å². The molecule has 0 saturated carbocycles. The van der Waals surface area contributed by atoms with Gasteiger partial charge in [-0.3, -0.25) is 0 Å². The Balaban J connectivity index is 2.51. The molecule has 19 heavy (non-hydrogen) atoms. The van der Waals surface area contributed by atoms with Gasteiger partial charge in [-0.15, -0.1) is 0 Å². The van der Waals surface area contributed by atoms with Gasteiger partial charge in [-0.25, -0.2) is 0 Å². The molecule has 0 saturated heterocycles. The van der Waals surface area contributed by atoms with Gasteiger partial charge in [-0.1, -0.05) is 11.6 Å². The molecule has 0 aliphatic heterocycles. The number of hydrogen-bond donors (Lipinski definition) is 1. The van der Waals surface area contributed by atoms with E-state index in [1.165, 1.54) is 12.1 Å². The first-order valence-electron chi connectivity index (χ1n) is 5.23. The number of hydrogen-bond acceptors (Lipinski definition) is 3. The van der Waals surface area contributed by atoms with Crippen molar-refractivity contribution in [2.75, 3.05) is 0 Å². The number of nitrogens with zero attached hydrogens (tertiary/aromatic N) is 3. The minimum atomic E-state index is -4.51. The molecule has 0 N–H and O–H groups in total. The van der Waals surface area contributed by atoms with Gasteiger partial charge in [0.1, 0.15) is 0 Å². The number of aromatic nitrogens is 3. The van der Waals surface area contributed by atoms with Crippen LogP contribution < -0.4 is 0 Å². The van der Waals surface area contributed by atoms with E-state index < -0.39 is 11.7 Å². The third-order valence-corrected chi connectivity index (χ3v) is 3.14. The first-order chi connectivity index (χ1) is 8.82. The van der Waals surface area contributed by atoms with Crippen LogP contribution in [0.3, 0.4) is 0 Å². The van der Waals surface area contributed by atoms with Gasteiger partial charge in [0.2, 0.25) is 0 Å². The quantitative estimate of drug-likeness (QED) is 0.858. The summed E-state index contributed by atoms with van der Waals surface area (Å²) in [5, 5.41) is 7.77. The van der Waals surface area contributed by atoms with Crippen LogP contribution in [0, 0.1) is 6.92 Å². The Morgan fingerprint density at radius 1 is 1.32 bits per heavy atom. The zero-order valence-electron chi connectivity index (χ0n) is 9.74. The van der Waals surface area contributed by atoms with Crippen LogP contribution in [0.2, 0.25) is 5.02 Å². The molecular weight excluding hydrogens is 299 g/mol. The molecule has 0 unspecified atom stereocenters. The fourth-order valence-electron chi connectivity index (χ4n) is 1.53. The summed E-state index contributed by atoms with van der Waals surface area (Å²) in [6.07, 6.45) is -4.51. The lowest BCUT2D eigenvalue weighted by atomic mass is 10.2. The van der Waals surface area contributed by atoms with Crippen molar-refractivity contribution in [3.63, 3.8) is 0 Å². The predicted molar refractivity (Wildman–Crippen MR) is 68.8 cm³/mol. The van der Waals surface area contributed by atoms with E-state index in [1.807, 2.05) is 0 Å². The van der Waals surface area contributed by atoms with E-state index >= 15 is 0 Å². The third kappa shape index (κ3) is 2.87. The fraction of sp³-hybridized carbons (Fsp3) is 0.273. The molecule has 2 rings (SSSR count). The third-order valence-electron chi connectivity index (χ3n) is 2.51. The van der Waals surface area contributed by atoms with Crippen molar-refractivity contribution in [1.82, 2.24) is 15.0 Å². The van der Waals surface area contributed by atoms with Crippen LogP contribution >= 0.6 is 24.2 Å². The highest BCUT2D eigenvalue weighted by Crippen LogP contribution is 2.35. The topological polar surface area (TPSA) is 30.7 Å². The molecule has 1 heterocycles. The van der Waals surface area contributed by atoms with E-state index in [2.05, 4.69) is 22.8 Å². The second-order valence-electron chi connectivity index (χ2n) is 3.84. The maximum atomic E-state index is 12.7. The SMILES string of the molecule is Cc1nn(-c2ccc(Cl)c(C(F)(F)F)c2)nc1CS. The maximum absolute atomic E-state index is 12.7. The summed E-state index contributed by atoms with van der Waals surface area (Å²) in [4.78, 5) is 1.15. The van der Waals surface area contributed by atoms with Crippen molar-refractivity contribution >= 4 is 24.2 Å². The second kappa shape index (κ2) is 5.05. The molecule has 0 bridgehead atoms. The first-order valence-corrected chi connectivity index (χ1v) is 6.24. The summed E-state index contributed by atoms with van der Waals surface area (Å²) in [5.41, 5.74) is 0.534. The molecule has 102 valence electrons. The summed E-state index contributed by atoms with van der Waals surface area (Å²) in [6.45, 7) is 1.72. The van der Waals surface area contributed by atoms with E-state index in [1.54, 1.807) is 6.92 Å². The second-order valence-corrected chi connectivity index (χ2v) is 4.56. The number of thiol groups is 1. The summed E-state index contributed by atoms with van der Waals surface area (Å²) in [6, 6.07) is 3.53. The van der Waals surface area contributed by atoms with Crippen molar-refractivity contribution in [3.8, 4) is 5.69 Å². The van der Waals surface area contributed by atoms with Crippen LogP contribution in [0.25, 0.3) is 5.69 Å².